The summed E-state index contributed by atoms with van der Waals surface area (Å²) < 4.78 is 5.19. The molecule has 0 aliphatic carbocycles. The zero-order valence-corrected chi connectivity index (χ0v) is 15.1. The summed E-state index contributed by atoms with van der Waals surface area (Å²) in [5.41, 5.74) is 1.20. The van der Waals surface area contributed by atoms with Crippen molar-refractivity contribution in [3.63, 3.8) is 0 Å². The number of carbonyl (C=O) groups is 2. The monoisotopic (exact) mass is 348 g/mol. The lowest BCUT2D eigenvalue weighted by Gasteiger charge is -2.36. The summed E-state index contributed by atoms with van der Waals surface area (Å²) in [6.45, 7) is 7.47. The summed E-state index contributed by atoms with van der Waals surface area (Å²) >= 11 is 0. The Morgan fingerprint density at radius 3 is 2.16 bits per heavy atom. The second kappa shape index (κ2) is 9.88. The van der Waals surface area contributed by atoms with Crippen LogP contribution in [0.15, 0.2) is 24.3 Å². The first-order valence-corrected chi connectivity index (χ1v) is 8.81. The summed E-state index contributed by atoms with van der Waals surface area (Å²) in [6, 6.07) is 8.09. The van der Waals surface area contributed by atoms with Crippen LogP contribution in [0.25, 0.3) is 0 Å². The van der Waals surface area contributed by atoms with Crippen LogP contribution < -0.4 is 20.3 Å². The molecule has 2 N–H and O–H groups in total. The number of nitrogens with zero attached hydrogens (tertiary/aromatic N) is 2. The van der Waals surface area contributed by atoms with Crippen LogP contribution in [0.1, 0.15) is 13.3 Å². The SMILES string of the molecule is CCCNC(=O)C(=O)NCCN1CCN(c2ccc(OC)cc2)CC1. The van der Waals surface area contributed by atoms with Crippen LogP contribution in [-0.4, -0.2) is 69.6 Å². The quantitative estimate of drug-likeness (QED) is 0.701. The first-order chi connectivity index (χ1) is 12.1. The van der Waals surface area contributed by atoms with Gasteiger partial charge in [0, 0.05) is 51.5 Å². The summed E-state index contributed by atoms with van der Waals surface area (Å²) in [6.07, 6.45) is 0.817. The molecule has 1 aliphatic heterocycles. The first kappa shape index (κ1) is 19.1. The molecule has 2 amide bonds. The maximum atomic E-state index is 11.6. The number of rotatable bonds is 7. The van der Waals surface area contributed by atoms with E-state index in [-0.39, 0.29) is 0 Å². The second-order valence-electron chi connectivity index (χ2n) is 6.04. The van der Waals surface area contributed by atoms with E-state index in [1.165, 1.54) is 5.69 Å². The van der Waals surface area contributed by atoms with Gasteiger partial charge in [-0.25, -0.2) is 0 Å². The van der Waals surface area contributed by atoms with Crippen molar-refractivity contribution in [2.75, 3.05) is 57.8 Å². The molecule has 1 saturated heterocycles. The lowest BCUT2D eigenvalue weighted by molar-refractivity contribution is -0.139. The van der Waals surface area contributed by atoms with Crippen LogP contribution >= 0.6 is 0 Å². The lowest BCUT2D eigenvalue weighted by Crippen LogP contribution is -2.49. The maximum Gasteiger partial charge on any atom is 0.309 e. The van der Waals surface area contributed by atoms with Gasteiger partial charge in [-0.2, -0.15) is 0 Å². The molecular formula is C18H28N4O3. The van der Waals surface area contributed by atoms with E-state index in [4.69, 9.17) is 4.74 Å². The summed E-state index contributed by atoms with van der Waals surface area (Å²) in [5, 5.41) is 5.25. The van der Waals surface area contributed by atoms with Crippen LogP contribution in [0.2, 0.25) is 0 Å². The molecule has 0 spiro atoms. The Kier molecular flexibility index (Phi) is 7.53. The predicted octanol–water partition coefficient (Wildman–Crippen LogP) is 0.460. The Bertz CT molecular complexity index is 554. The van der Waals surface area contributed by atoms with Crippen LogP contribution in [0.3, 0.4) is 0 Å². The highest BCUT2D eigenvalue weighted by Gasteiger charge is 2.18. The summed E-state index contributed by atoms with van der Waals surface area (Å²) in [4.78, 5) is 27.7. The van der Waals surface area contributed by atoms with Crippen LogP contribution in [0, 0.1) is 0 Å². The molecule has 1 heterocycles. The van der Waals surface area contributed by atoms with Gasteiger partial charge >= 0.3 is 11.8 Å². The number of ether oxygens (including phenoxy) is 1. The molecule has 1 aromatic carbocycles. The van der Waals surface area contributed by atoms with E-state index in [1.54, 1.807) is 7.11 Å². The largest absolute Gasteiger partial charge is 0.497 e. The molecule has 0 bridgehead atoms. The predicted molar refractivity (Wildman–Crippen MR) is 98.0 cm³/mol. The minimum Gasteiger partial charge on any atom is -0.497 e. The van der Waals surface area contributed by atoms with E-state index in [1.807, 2.05) is 19.1 Å². The zero-order chi connectivity index (χ0) is 18.1. The van der Waals surface area contributed by atoms with Crippen molar-refractivity contribution in [1.29, 1.82) is 0 Å². The van der Waals surface area contributed by atoms with Gasteiger partial charge in [0.1, 0.15) is 5.75 Å². The lowest BCUT2D eigenvalue weighted by atomic mass is 10.2. The average molecular weight is 348 g/mol. The average Bonchev–Trinajstić information content (AvgIpc) is 2.66. The molecule has 0 radical (unpaired) electrons. The fourth-order valence-corrected chi connectivity index (χ4v) is 2.75. The van der Waals surface area contributed by atoms with Crippen molar-refractivity contribution >= 4 is 17.5 Å². The number of anilines is 1. The number of piperazine rings is 1. The van der Waals surface area contributed by atoms with Gasteiger partial charge in [0.25, 0.3) is 0 Å². The van der Waals surface area contributed by atoms with Crippen LogP contribution in [-0.2, 0) is 9.59 Å². The van der Waals surface area contributed by atoms with Gasteiger partial charge in [-0.1, -0.05) is 6.92 Å². The van der Waals surface area contributed by atoms with Crippen molar-refractivity contribution in [1.82, 2.24) is 15.5 Å². The molecule has 1 fully saturated rings. The summed E-state index contributed by atoms with van der Waals surface area (Å²) in [5.74, 6) is -0.238. The molecule has 1 aliphatic rings. The van der Waals surface area contributed by atoms with E-state index in [9.17, 15) is 9.59 Å². The number of nitrogens with one attached hydrogen (secondary N) is 2. The van der Waals surface area contributed by atoms with Crippen molar-refractivity contribution in [2.24, 2.45) is 0 Å². The fourth-order valence-electron chi connectivity index (χ4n) is 2.75. The third-order valence-electron chi connectivity index (χ3n) is 4.27. The zero-order valence-electron chi connectivity index (χ0n) is 15.1. The van der Waals surface area contributed by atoms with E-state index >= 15 is 0 Å². The van der Waals surface area contributed by atoms with E-state index in [0.29, 0.717) is 13.1 Å². The Balaban J connectivity index is 1.66. The molecule has 2 rings (SSSR count). The highest BCUT2D eigenvalue weighted by molar-refractivity contribution is 6.35. The Morgan fingerprint density at radius 1 is 1.00 bits per heavy atom. The third kappa shape index (κ3) is 5.94. The summed E-state index contributed by atoms with van der Waals surface area (Å²) in [7, 11) is 1.67. The first-order valence-electron chi connectivity index (χ1n) is 8.81. The number of carbonyl (C=O) groups excluding carboxylic acids is 2. The Hall–Kier alpha value is -2.28. The van der Waals surface area contributed by atoms with E-state index < -0.39 is 11.8 Å². The van der Waals surface area contributed by atoms with Gasteiger partial charge in [0.15, 0.2) is 0 Å². The van der Waals surface area contributed by atoms with E-state index in [2.05, 4.69) is 32.6 Å². The van der Waals surface area contributed by atoms with Crippen LogP contribution in [0.5, 0.6) is 5.75 Å². The molecule has 0 atom stereocenters. The van der Waals surface area contributed by atoms with Gasteiger partial charge < -0.3 is 20.3 Å². The fraction of sp³-hybridized carbons (Fsp3) is 0.556. The highest BCUT2D eigenvalue weighted by atomic mass is 16.5. The molecule has 0 unspecified atom stereocenters. The highest BCUT2D eigenvalue weighted by Crippen LogP contribution is 2.20. The molecule has 0 aromatic heterocycles. The van der Waals surface area contributed by atoms with Crippen LogP contribution in [0.4, 0.5) is 5.69 Å². The van der Waals surface area contributed by atoms with Crippen molar-refractivity contribution < 1.29 is 14.3 Å². The van der Waals surface area contributed by atoms with Gasteiger partial charge in [0.2, 0.25) is 0 Å². The standard InChI is InChI=1S/C18H28N4O3/c1-3-8-19-17(23)18(24)20-9-10-21-11-13-22(14-12-21)15-4-6-16(25-2)7-5-15/h4-7H,3,8-14H2,1-2H3,(H,19,23)(H,20,24). The smallest absolute Gasteiger partial charge is 0.309 e. The minimum atomic E-state index is -0.551. The van der Waals surface area contributed by atoms with E-state index in [0.717, 1.165) is 44.9 Å². The second-order valence-corrected chi connectivity index (χ2v) is 6.04. The number of hydrogen-bond donors (Lipinski definition) is 2. The van der Waals surface area contributed by atoms with Crippen molar-refractivity contribution in [2.45, 2.75) is 13.3 Å². The van der Waals surface area contributed by atoms with Gasteiger partial charge in [-0.05, 0) is 30.7 Å². The minimum absolute atomic E-state index is 0.487. The third-order valence-corrected chi connectivity index (χ3v) is 4.27. The Labute approximate surface area is 149 Å². The van der Waals surface area contributed by atoms with Crippen molar-refractivity contribution in [3.8, 4) is 5.75 Å². The van der Waals surface area contributed by atoms with Gasteiger partial charge in [0.05, 0.1) is 7.11 Å². The topological polar surface area (TPSA) is 73.9 Å². The number of methoxy groups -OCH3 is 1. The van der Waals surface area contributed by atoms with Gasteiger partial charge in [-0.3, -0.25) is 14.5 Å². The number of benzene rings is 1. The molecule has 138 valence electrons. The number of hydrogen-bond acceptors (Lipinski definition) is 5. The molecule has 25 heavy (non-hydrogen) atoms. The molecule has 7 heteroatoms. The molecule has 1 aromatic rings. The maximum absolute atomic E-state index is 11.6. The van der Waals surface area contributed by atoms with Crippen molar-refractivity contribution in [3.05, 3.63) is 24.3 Å². The normalized spacial score (nSPS) is 14.9. The molecular weight excluding hydrogens is 320 g/mol. The Morgan fingerprint density at radius 2 is 1.60 bits per heavy atom. The molecule has 0 saturated carbocycles. The van der Waals surface area contributed by atoms with Gasteiger partial charge in [-0.15, -0.1) is 0 Å². The molecule has 7 nitrogen and oxygen atoms in total. The number of amides is 2.